The molecule has 17 heavy (non-hydrogen) atoms. The lowest BCUT2D eigenvalue weighted by atomic mass is 10.1. The summed E-state index contributed by atoms with van der Waals surface area (Å²) in [5, 5.41) is 10.2. The van der Waals surface area contributed by atoms with Crippen molar-refractivity contribution in [3.05, 3.63) is 33.8 Å². The molecule has 0 unspecified atom stereocenters. The van der Waals surface area contributed by atoms with Gasteiger partial charge in [0.15, 0.2) is 0 Å². The molecule has 0 bridgehead atoms. The first-order chi connectivity index (χ1) is 7.99. The van der Waals surface area contributed by atoms with Crippen molar-refractivity contribution < 1.29 is 9.90 Å². The van der Waals surface area contributed by atoms with Gasteiger partial charge in [0.25, 0.3) is 0 Å². The third-order valence-electron chi connectivity index (χ3n) is 2.61. The predicted octanol–water partition coefficient (Wildman–Crippen LogP) is 3.46. The van der Waals surface area contributed by atoms with Crippen LogP contribution in [0.25, 0.3) is 0 Å². The highest BCUT2D eigenvalue weighted by Gasteiger charge is 2.25. The number of benzene rings is 1. The minimum Gasteiger partial charge on any atom is -0.480 e. The van der Waals surface area contributed by atoms with Crippen LogP contribution in [0.2, 0.25) is 10.0 Å². The quantitative estimate of drug-likeness (QED) is 0.895. The van der Waals surface area contributed by atoms with Gasteiger partial charge in [0.2, 0.25) is 0 Å². The van der Waals surface area contributed by atoms with Crippen molar-refractivity contribution in [2.75, 3.05) is 13.1 Å². The highest BCUT2D eigenvalue weighted by atomic mass is 35.5. The molecule has 0 aliphatic carbocycles. The molecule has 1 atom stereocenters. The minimum absolute atomic E-state index is 0.450. The number of carbonyl (C=O) groups is 1. The third kappa shape index (κ3) is 3.60. The zero-order valence-corrected chi connectivity index (χ0v) is 11.3. The number of nitrogens with zero attached hydrogens (tertiary/aromatic N) is 1. The standard InChI is InChI=1S/C12H15Cl2NO2/c1-3-15(4-2)11(12(16)17)8-5-9(13)7-10(14)6-8/h5-7,11H,3-4H2,1-2H3,(H,16,17)/t11-/m1/s1. The fourth-order valence-electron chi connectivity index (χ4n) is 1.83. The van der Waals surface area contributed by atoms with Crippen molar-refractivity contribution in [1.29, 1.82) is 0 Å². The first-order valence-corrected chi connectivity index (χ1v) is 6.18. The first kappa shape index (κ1) is 14.3. The second-order valence-electron chi connectivity index (χ2n) is 3.66. The zero-order chi connectivity index (χ0) is 13.0. The van der Waals surface area contributed by atoms with Crippen molar-refractivity contribution in [2.45, 2.75) is 19.9 Å². The summed E-state index contributed by atoms with van der Waals surface area (Å²) in [5.74, 6) is -0.896. The van der Waals surface area contributed by atoms with Gasteiger partial charge in [-0.25, -0.2) is 0 Å². The molecular formula is C12H15Cl2NO2. The molecule has 0 saturated carbocycles. The maximum atomic E-state index is 11.4. The maximum Gasteiger partial charge on any atom is 0.325 e. The molecular weight excluding hydrogens is 261 g/mol. The summed E-state index contributed by atoms with van der Waals surface area (Å²) in [6, 6.07) is 4.17. The van der Waals surface area contributed by atoms with Gasteiger partial charge in [0.05, 0.1) is 0 Å². The summed E-state index contributed by atoms with van der Waals surface area (Å²) in [6.07, 6.45) is 0. The highest BCUT2D eigenvalue weighted by molar-refractivity contribution is 6.34. The molecule has 0 saturated heterocycles. The minimum atomic E-state index is -0.896. The van der Waals surface area contributed by atoms with Crippen LogP contribution in [0.1, 0.15) is 25.5 Å². The van der Waals surface area contributed by atoms with Crippen LogP contribution in [0.4, 0.5) is 0 Å². The van der Waals surface area contributed by atoms with Crippen LogP contribution in [0, 0.1) is 0 Å². The van der Waals surface area contributed by atoms with E-state index in [1.807, 2.05) is 18.7 Å². The Morgan fingerprint density at radius 2 is 1.71 bits per heavy atom. The van der Waals surface area contributed by atoms with E-state index in [9.17, 15) is 9.90 Å². The van der Waals surface area contributed by atoms with Crippen molar-refractivity contribution in [2.24, 2.45) is 0 Å². The summed E-state index contributed by atoms with van der Waals surface area (Å²) >= 11 is 11.8. The molecule has 3 nitrogen and oxygen atoms in total. The molecule has 0 aromatic heterocycles. The van der Waals surface area contributed by atoms with E-state index in [4.69, 9.17) is 23.2 Å². The van der Waals surface area contributed by atoms with E-state index < -0.39 is 12.0 Å². The smallest absolute Gasteiger partial charge is 0.325 e. The first-order valence-electron chi connectivity index (χ1n) is 5.42. The second-order valence-corrected chi connectivity index (χ2v) is 4.54. The number of hydrogen-bond donors (Lipinski definition) is 1. The summed E-state index contributed by atoms with van der Waals surface area (Å²) in [6.45, 7) is 5.15. The zero-order valence-electron chi connectivity index (χ0n) is 9.78. The van der Waals surface area contributed by atoms with Crippen molar-refractivity contribution >= 4 is 29.2 Å². The van der Waals surface area contributed by atoms with Gasteiger partial charge in [-0.3, -0.25) is 9.69 Å². The Hall–Kier alpha value is -0.770. The Morgan fingerprint density at radius 1 is 1.24 bits per heavy atom. The van der Waals surface area contributed by atoms with Gasteiger partial charge in [0, 0.05) is 10.0 Å². The lowest BCUT2D eigenvalue weighted by Crippen LogP contribution is -2.33. The van der Waals surface area contributed by atoms with Crippen LogP contribution >= 0.6 is 23.2 Å². The number of aliphatic carboxylic acids is 1. The van der Waals surface area contributed by atoms with Gasteiger partial charge in [0.1, 0.15) is 6.04 Å². The van der Waals surface area contributed by atoms with E-state index >= 15 is 0 Å². The van der Waals surface area contributed by atoms with E-state index in [0.717, 1.165) is 0 Å². The van der Waals surface area contributed by atoms with E-state index in [-0.39, 0.29) is 0 Å². The average molecular weight is 276 g/mol. The normalized spacial score (nSPS) is 12.8. The Labute approximate surface area is 111 Å². The number of carboxylic acid groups (broad SMARTS) is 1. The monoisotopic (exact) mass is 275 g/mol. The van der Waals surface area contributed by atoms with Crippen LogP contribution in [-0.4, -0.2) is 29.1 Å². The maximum absolute atomic E-state index is 11.4. The third-order valence-corrected chi connectivity index (χ3v) is 3.05. The molecule has 1 N–H and O–H groups in total. The lowest BCUT2D eigenvalue weighted by Gasteiger charge is -2.26. The van der Waals surface area contributed by atoms with Gasteiger partial charge >= 0.3 is 5.97 Å². The van der Waals surface area contributed by atoms with Crippen LogP contribution in [0.3, 0.4) is 0 Å². The molecule has 0 spiro atoms. The fourth-order valence-corrected chi connectivity index (χ4v) is 2.37. The fraction of sp³-hybridized carbons (Fsp3) is 0.417. The van der Waals surface area contributed by atoms with Gasteiger partial charge < -0.3 is 5.11 Å². The molecule has 5 heteroatoms. The van der Waals surface area contributed by atoms with Crippen molar-refractivity contribution in [3.8, 4) is 0 Å². The molecule has 0 aliphatic rings. The topological polar surface area (TPSA) is 40.5 Å². The number of likely N-dealkylation sites (N-methyl/N-ethyl adjacent to an activating group) is 1. The van der Waals surface area contributed by atoms with E-state index in [1.165, 1.54) is 0 Å². The average Bonchev–Trinajstić information content (AvgIpc) is 2.23. The lowest BCUT2D eigenvalue weighted by molar-refractivity contribution is -0.143. The largest absolute Gasteiger partial charge is 0.480 e. The van der Waals surface area contributed by atoms with Gasteiger partial charge in [-0.05, 0) is 36.9 Å². The number of halogens is 2. The number of carboxylic acids is 1. The molecule has 1 rings (SSSR count). The Morgan fingerprint density at radius 3 is 2.06 bits per heavy atom. The van der Waals surface area contributed by atoms with Crippen LogP contribution < -0.4 is 0 Å². The summed E-state index contributed by atoms with van der Waals surface area (Å²) in [4.78, 5) is 13.2. The molecule has 1 aromatic carbocycles. The highest BCUT2D eigenvalue weighted by Crippen LogP contribution is 2.27. The molecule has 0 aliphatic heterocycles. The summed E-state index contributed by atoms with van der Waals surface area (Å²) in [7, 11) is 0. The predicted molar refractivity (Wildman–Crippen MR) is 69.8 cm³/mol. The van der Waals surface area contributed by atoms with Crippen LogP contribution in [0.15, 0.2) is 18.2 Å². The Balaban J connectivity index is 3.17. The van der Waals surface area contributed by atoms with Crippen LogP contribution in [0.5, 0.6) is 0 Å². The van der Waals surface area contributed by atoms with E-state index in [1.54, 1.807) is 18.2 Å². The van der Waals surface area contributed by atoms with Gasteiger partial charge in [-0.1, -0.05) is 37.0 Å². The molecule has 0 radical (unpaired) electrons. The van der Waals surface area contributed by atoms with Crippen molar-refractivity contribution in [1.82, 2.24) is 4.90 Å². The van der Waals surface area contributed by atoms with Gasteiger partial charge in [-0.2, -0.15) is 0 Å². The molecule has 0 amide bonds. The second kappa shape index (κ2) is 6.24. The Bertz CT molecular complexity index is 385. The summed E-state index contributed by atoms with van der Waals surface area (Å²) < 4.78 is 0. The number of hydrogen-bond acceptors (Lipinski definition) is 2. The van der Waals surface area contributed by atoms with Gasteiger partial charge in [-0.15, -0.1) is 0 Å². The number of rotatable bonds is 5. The van der Waals surface area contributed by atoms with E-state index in [0.29, 0.717) is 28.7 Å². The SMILES string of the molecule is CCN(CC)[C@@H](C(=O)O)c1cc(Cl)cc(Cl)c1. The molecule has 94 valence electrons. The molecule has 0 fully saturated rings. The van der Waals surface area contributed by atoms with Crippen molar-refractivity contribution in [3.63, 3.8) is 0 Å². The van der Waals surface area contributed by atoms with Crippen LogP contribution in [-0.2, 0) is 4.79 Å². The summed E-state index contributed by atoms with van der Waals surface area (Å²) in [5.41, 5.74) is 0.610. The Kier molecular flexibility index (Phi) is 5.25. The molecule has 1 aromatic rings. The molecule has 0 heterocycles. The van der Waals surface area contributed by atoms with E-state index in [2.05, 4.69) is 0 Å².